The van der Waals surface area contributed by atoms with Crippen molar-refractivity contribution in [3.8, 4) is 28.3 Å². The van der Waals surface area contributed by atoms with Gasteiger partial charge in [-0.3, -0.25) is 0 Å². The SMILES string of the molecule is Cc1[nH]c(-c2cc(C)n(-c3ccccc3F)c2C)nc1-c1ccccc1. The van der Waals surface area contributed by atoms with Gasteiger partial charge in [-0.15, -0.1) is 0 Å². The average molecular weight is 345 g/mol. The minimum atomic E-state index is -0.235. The van der Waals surface area contributed by atoms with Gasteiger partial charge in [-0.1, -0.05) is 42.5 Å². The average Bonchev–Trinajstić information content (AvgIpc) is 3.16. The van der Waals surface area contributed by atoms with Gasteiger partial charge in [-0.2, -0.15) is 0 Å². The number of aromatic amines is 1. The van der Waals surface area contributed by atoms with E-state index in [-0.39, 0.29) is 5.82 Å². The molecule has 0 radical (unpaired) electrons. The number of para-hydroxylation sites is 1. The molecule has 0 unspecified atom stereocenters. The van der Waals surface area contributed by atoms with E-state index in [1.807, 2.05) is 49.6 Å². The van der Waals surface area contributed by atoms with Crippen molar-refractivity contribution in [2.75, 3.05) is 0 Å². The Balaban J connectivity index is 1.84. The molecule has 4 rings (SSSR count). The van der Waals surface area contributed by atoms with Crippen LogP contribution in [0.2, 0.25) is 0 Å². The van der Waals surface area contributed by atoms with E-state index in [0.29, 0.717) is 5.69 Å². The minimum Gasteiger partial charge on any atom is -0.341 e. The highest BCUT2D eigenvalue weighted by atomic mass is 19.1. The molecule has 0 aliphatic carbocycles. The molecule has 1 N–H and O–H groups in total. The molecule has 4 aromatic rings. The fraction of sp³-hybridized carbons (Fsp3) is 0.136. The normalized spacial score (nSPS) is 11.1. The summed E-state index contributed by atoms with van der Waals surface area (Å²) in [5.41, 5.74) is 6.50. The van der Waals surface area contributed by atoms with Gasteiger partial charge in [0.2, 0.25) is 0 Å². The van der Waals surface area contributed by atoms with Crippen LogP contribution in [-0.4, -0.2) is 14.5 Å². The third-order valence-electron chi connectivity index (χ3n) is 4.71. The quantitative estimate of drug-likeness (QED) is 0.515. The lowest BCUT2D eigenvalue weighted by molar-refractivity contribution is 0.616. The molecule has 130 valence electrons. The van der Waals surface area contributed by atoms with Crippen molar-refractivity contribution in [2.24, 2.45) is 0 Å². The molecule has 2 aromatic heterocycles. The van der Waals surface area contributed by atoms with Crippen LogP contribution >= 0.6 is 0 Å². The zero-order chi connectivity index (χ0) is 18.3. The first kappa shape index (κ1) is 16.3. The summed E-state index contributed by atoms with van der Waals surface area (Å²) in [4.78, 5) is 8.21. The first-order valence-electron chi connectivity index (χ1n) is 8.62. The van der Waals surface area contributed by atoms with Gasteiger partial charge >= 0.3 is 0 Å². The molecule has 4 heteroatoms. The highest BCUT2D eigenvalue weighted by molar-refractivity contribution is 5.69. The maximum atomic E-state index is 14.3. The molecule has 3 nitrogen and oxygen atoms in total. The summed E-state index contributed by atoms with van der Waals surface area (Å²) in [6, 6.07) is 19.0. The Labute approximate surface area is 152 Å². The zero-order valence-electron chi connectivity index (χ0n) is 15.0. The molecular formula is C22H20FN3. The zero-order valence-corrected chi connectivity index (χ0v) is 15.0. The number of nitrogens with zero attached hydrogens (tertiary/aromatic N) is 2. The molecule has 2 aromatic carbocycles. The molecule has 0 bridgehead atoms. The predicted molar refractivity (Wildman–Crippen MR) is 103 cm³/mol. The summed E-state index contributed by atoms with van der Waals surface area (Å²) in [5, 5.41) is 0. The van der Waals surface area contributed by atoms with Crippen molar-refractivity contribution in [1.29, 1.82) is 0 Å². The summed E-state index contributed by atoms with van der Waals surface area (Å²) in [6.45, 7) is 6.00. The highest BCUT2D eigenvalue weighted by Gasteiger charge is 2.18. The summed E-state index contributed by atoms with van der Waals surface area (Å²) < 4.78 is 16.2. The van der Waals surface area contributed by atoms with Crippen LogP contribution in [0.3, 0.4) is 0 Å². The third-order valence-corrected chi connectivity index (χ3v) is 4.71. The second-order valence-electron chi connectivity index (χ2n) is 6.50. The third kappa shape index (κ3) is 2.64. The van der Waals surface area contributed by atoms with Gasteiger partial charge in [0.1, 0.15) is 11.6 Å². The van der Waals surface area contributed by atoms with Gasteiger partial charge < -0.3 is 9.55 Å². The number of aryl methyl sites for hydroxylation is 2. The van der Waals surface area contributed by atoms with Crippen LogP contribution < -0.4 is 0 Å². The largest absolute Gasteiger partial charge is 0.341 e. The van der Waals surface area contributed by atoms with Gasteiger partial charge in [0, 0.05) is 28.2 Å². The Bertz CT molecular complexity index is 1070. The maximum Gasteiger partial charge on any atom is 0.147 e. The number of aromatic nitrogens is 3. The maximum absolute atomic E-state index is 14.3. The number of halogens is 1. The molecule has 2 heterocycles. The van der Waals surface area contributed by atoms with Crippen LogP contribution in [0.1, 0.15) is 17.1 Å². The number of H-pyrrole nitrogens is 1. The molecule has 0 aliphatic rings. The number of benzene rings is 2. The molecule has 0 saturated carbocycles. The summed E-state index contributed by atoms with van der Waals surface area (Å²) in [7, 11) is 0. The lowest BCUT2D eigenvalue weighted by Crippen LogP contribution is -2.01. The standard InChI is InChI=1S/C22H20FN3/c1-14-13-18(16(3)26(14)20-12-8-7-11-19(20)23)22-24-15(2)21(25-22)17-9-5-4-6-10-17/h4-13H,1-3H3,(H,24,25). The Kier molecular flexibility index (Phi) is 3.96. The van der Waals surface area contributed by atoms with E-state index in [0.717, 1.165) is 39.7 Å². The van der Waals surface area contributed by atoms with Crippen LogP contribution in [0, 0.1) is 26.6 Å². The van der Waals surface area contributed by atoms with Gasteiger partial charge in [0.25, 0.3) is 0 Å². The van der Waals surface area contributed by atoms with Crippen molar-refractivity contribution in [1.82, 2.24) is 14.5 Å². The van der Waals surface area contributed by atoms with Crippen molar-refractivity contribution < 1.29 is 4.39 Å². The Morgan fingerprint density at radius 1 is 0.923 bits per heavy atom. The van der Waals surface area contributed by atoms with Crippen LogP contribution in [0.4, 0.5) is 4.39 Å². The number of rotatable bonds is 3. The molecule has 0 spiro atoms. The van der Waals surface area contributed by atoms with Gasteiger partial charge in [0.05, 0.1) is 11.4 Å². The minimum absolute atomic E-state index is 0.235. The molecular weight excluding hydrogens is 325 g/mol. The molecule has 0 aliphatic heterocycles. The van der Waals surface area contributed by atoms with Gasteiger partial charge in [-0.25, -0.2) is 9.37 Å². The summed E-state index contributed by atoms with van der Waals surface area (Å²) in [5.74, 6) is 0.568. The molecule has 0 atom stereocenters. The topological polar surface area (TPSA) is 33.6 Å². The van der Waals surface area contributed by atoms with Crippen LogP contribution in [0.15, 0.2) is 60.7 Å². The number of hydrogen-bond donors (Lipinski definition) is 1. The van der Waals surface area contributed by atoms with E-state index in [4.69, 9.17) is 4.98 Å². The first-order chi connectivity index (χ1) is 12.6. The van der Waals surface area contributed by atoms with Gasteiger partial charge in [-0.05, 0) is 39.0 Å². The summed E-state index contributed by atoms with van der Waals surface area (Å²) >= 11 is 0. The fourth-order valence-electron chi connectivity index (χ4n) is 3.47. The van der Waals surface area contributed by atoms with Crippen molar-refractivity contribution in [3.63, 3.8) is 0 Å². The second-order valence-corrected chi connectivity index (χ2v) is 6.50. The number of imidazole rings is 1. The van der Waals surface area contributed by atoms with Crippen molar-refractivity contribution in [2.45, 2.75) is 20.8 Å². The monoisotopic (exact) mass is 345 g/mol. The van der Waals surface area contributed by atoms with Crippen LogP contribution in [-0.2, 0) is 0 Å². The van der Waals surface area contributed by atoms with E-state index in [1.165, 1.54) is 6.07 Å². The van der Waals surface area contributed by atoms with Crippen LogP contribution in [0.25, 0.3) is 28.3 Å². The van der Waals surface area contributed by atoms with E-state index in [9.17, 15) is 4.39 Å². The Morgan fingerprint density at radius 3 is 2.35 bits per heavy atom. The van der Waals surface area contributed by atoms with Crippen LogP contribution in [0.5, 0.6) is 0 Å². The Hall–Kier alpha value is -3.14. The molecule has 26 heavy (non-hydrogen) atoms. The van der Waals surface area contributed by atoms with E-state index >= 15 is 0 Å². The van der Waals surface area contributed by atoms with E-state index in [1.54, 1.807) is 12.1 Å². The lowest BCUT2D eigenvalue weighted by Gasteiger charge is -2.10. The van der Waals surface area contributed by atoms with Crippen molar-refractivity contribution in [3.05, 3.63) is 83.6 Å². The predicted octanol–water partition coefficient (Wildman–Crippen LogP) is 5.60. The van der Waals surface area contributed by atoms with Gasteiger partial charge in [0.15, 0.2) is 0 Å². The van der Waals surface area contributed by atoms with E-state index < -0.39 is 0 Å². The first-order valence-corrected chi connectivity index (χ1v) is 8.62. The number of hydrogen-bond acceptors (Lipinski definition) is 1. The lowest BCUT2D eigenvalue weighted by atomic mass is 10.1. The smallest absolute Gasteiger partial charge is 0.147 e. The molecule has 0 saturated heterocycles. The number of nitrogens with one attached hydrogen (secondary N) is 1. The summed E-state index contributed by atoms with van der Waals surface area (Å²) in [6.07, 6.45) is 0. The highest BCUT2D eigenvalue weighted by Crippen LogP contribution is 2.31. The van der Waals surface area contributed by atoms with E-state index in [2.05, 4.69) is 23.2 Å². The molecule has 0 fully saturated rings. The second kappa shape index (κ2) is 6.30. The Morgan fingerprint density at radius 2 is 1.62 bits per heavy atom. The van der Waals surface area contributed by atoms with Crippen molar-refractivity contribution >= 4 is 0 Å². The molecule has 0 amide bonds. The fourth-order valence-corrected chi connectivity index (χ4v) is 3.47.